The van der Waals surface area contributed by atoms with E-state index in [1.54, 1.807) is 0 Å². The van der Waals surface area contributed by atoms with Crippen molar-refractivity contribution in [3.05, 3.63) is 97.2 Å². The number of carbonyl (C=O) groups excluding carboxylic acids is 2. The van der Waals surface area contributed by atoms with Crippen molar-refractivity contribution in [1.82, 2.24) is 0 Å². The lowest BCUT2D eigenvalue weighted by Gasteiger charge is -2.31. The summed E-state index contributed by atoms with van der Waals surface area (Å²) in [6, 6.07) is -0.629. The fourth-order valence-electron chi connectivity index (χ4n) is 6.30. The summed E-state index contributed by atoms with van der Waals surface area (Å²) in [5, 5.41) is 9.63. The summed E-state index contributed by atoms with van der Waals surface area (Å²) in [5.74, 6) is -1.54. The smallest absolute Gasteiger partial charge is 0.362 e. The molecule has 1 N–H and O–H groups in total. The minimum Gasteiger partial charge on any atom is -0.477 e. The van der Waals surface area contributed by atoms with Crippen LogP contribution in [-0.2, 0) is 28.6 Å². The predicted octanol–water partition coefficient (Wildman–Crippen LogP) is 13.1. The van der Waals surface area contributed by atoms with Crippen LogP contribution in [0.4, 0.5) is 0 Å². The molecule has 8 heteroatoms. The molecule has 2 unspecified atom stereocenters. The number of rotatable bonds is 40. The van der Waals surface area contributed by atoms with Gasteiger partial charge in [-0.15, -0.1) is 0 Å². The molecule has 0 bridgehead atoms. The van der Waals surface area contributed by atoms with Crippen LogP contribution in [0.3, 0.4) is 0 Å². The van der Waals surface area contributed by atoms with E-state index in [1.807, 2.05) is 69.8 Å². The number of hydrogen-bond donors (Lipinski definition) is 1. The fraction of sp³-hybridized carbons (Fsp3) is 0.635. The number of nitrogens with zero attached hydrogens (tertiary/aromatic N) is 1. The quantitative estimate of drug-likeness (QED) is 0.0216. The van der Waals surface area contributed by atoms with Crippen molar-refractivity contribution in [2.45, 2.75) is 174 Å². The van der Waals surface area contributed by atoms with Gasteiger partial charge in [0.2, 0.25) is 0 Å². The number of hydrogen-bond acceptors (Lipinski definition) is 6. The Labute approximate surface area is 366 Å². The molecule has 0 aromatic heterocycles. The zero-order chi connectivity index (χ0) is 44.2. The van der Waals surface area contributed by atoms with Crippen molar-refractivity contribution in [2.24, 2.45) is 0 Å². The van der Waals surface area contributed by atoms with Gasteiger partial charge in [-0.1, -0.05) is 175 Å². The Bertz CT molecular complexity index is 1300. The molecule has 0 fully saturated rings. The van der Waals surface area contributed by atoms with E-state index >= 15 is 0 Å². The monoisotopic (exact) mass is 837 g/mol. The van der Waals surface area contributed by atoms with Gasteiger partial charge in [0.25, 0.3) is 0 Å². The molecule has 2 atom stereocenters. The number of carbonyl (C=O) groups is 3. The van der Waals surface area contributed by atoms with Crippen LogP contribution in [-0.4, -0.2) is 80.6 Å². The Morgan fingerprint density at radius 3 is 1.52 bits per heavy atom. The summed E-state index contributed by atoms with van der Waals surface area (Å²) in [7, 11) is 5.50. The van der Waals surface area contributed by atoms with Crippen molar-refractivity contribution in [3.63, 3.8) is 0 Å². The number of unbranched alkanes of at least 4 members (excludes halogenated alkanes) is 14. The molecule has 0 saturated heterocycles. The summed E-state index contributed by atoms with van der Waals surface area (Å²) < 4.78 is 17.3. The summed E-state index contributed by atoms with van der Waals surface area (Å²) in [6.45, 7) is 4.42. The van der Waals surface area contributed by atoms with E-state index in [1.165, 1.54) is 57.8 Å². The third kappa shape index (κ3) is 39.7. The number of likely N-dealkylation sites (N-methyl/N-ethyl adjacent to an activating group) is 1. The second-order valence-corrected chi connectivity index (χ2v) is 16.4. The topological polar surface area (TPSA) is 99.1 Å². The maximum Gasteiger partial charge on any atom is 0.362 e. The molecule has 8 nitrogen and oxygen atoms in total. The van der Waals surface area contributed by atoms with E-state index in [0.29, 0.717) is 19.3 Å². The van der Waals surface area contributed by atoms with Crippen LogP contribution in [0.25, 0.3) is 0 Å². The Hall–Kier alpha value is -3.75. The van der Waals surface area contributed by atoms with E-state index in [-0.39, 0.29) is 42.7 Å². The van der Waals surface area contributed by atoms with Gasteiger partial charge in [0, 0.05) is 19.3 Å². The van der Waals surface area contributed by atoms with Crippen LogP contribution in [0.2, 0.25) is 0 Å². The minimum atomic E-state index is -0.887. The third-order valence-electron chi connectivity index (χ3n) is 9.86. The minimum absolute atomic E-state index is 0.0371. The lowest BCUT2D eigenvalue weighted by Crippen LogP contribution is -2.50. The second kappa shape index (κ2) is 42.0. The zero-order valence-corrected chi connectivity index (χ0v) is 38.6. The van der Waals surface area contributed by atoms with Crippen molar-refractivity contribution in [2.75, 3.05) is 41.0 Å². The van der Waals surface area contributed by atoms with Gasteiger partial charge < -0.3 is 23.8 Å². The van der Waals surface area contributed by atoms with Crippen molar-refractivity contribution in [3.8, 4) is 0 Å². The Kier molecular flexibility index (Phi) is 39.3. The van der Waals surface area contributed by atoms with Gasteiger partial charge in [-0.2, -0.15) is 0 Å². The van der Waals surface area contributed by atoms with Crippen molar-refractivity contribution < 1.29 is 38.2 Å². The van der Waals surface area contributed by atoms with Crippen LogP contribution >= 0.6 is 0 Å². The van der Waals surface area contributed by atoms with Gasteiger partial charge in [0.1, 0.15) is 6.61 Å². The molecule has 60 heavy (non-hydrogen) atoms. The summed E-state index contributed by atoms with van der Waals surface area (Å²) in [5.41, 5.74) is 0. The Morgan fingerprint density at radius 1 is 0.517 bits per heavy atom. The van der Waals surface area contributed by atoms with E-state index in [0.717, 1.165) is 64.2 Å². The molecule has 0 aromatic rings. The first-order valence-corrected chi connectivity index (χ1v) is 23.3. The molecule has 0 aromatic carbocycles. The highest BCUT2D eigenvalue weighted by Gasteiger charge is 2.31. The zero-order valence-electron chi connectivity index (χ0n) is 38.6. The average molecular weight is 837 g/mol. The lowest BCUT2D eigenvalue weighted by atomic mass is 10.0. The third-order valence-corrected chi connectivity index (χ3v) is 9.86. The molecule has 0 heterocycles. The second-order valence-electron chi connectivity index (χ2n) is 16.4. The number of quaternary nitrogens is 1. The lowest BCUT2D eigenvalue weighted by molar-refractivity contribution is -0.887. The van der Waals surface area contributed by atoms with E-state index in [4.69, 9.17) is 14.2 Å². The number of aliphatic carboxylic acids is 1. The van der Waals surface area contributed by atoms with Gasteiger partial charge in [-0.05, 0) is 64.2 Å². The first kappa shape index (κ1) is 56.2. The standard InChI is InChI=1S/C52H85NO7/c1-6-8-10-12-14-16-18-20-22-23-24-25-26-27-29-30-32-34-36-38-40-42-50(54)59-47-48(46-58-45-44-49(52(56)57)53(3,4)5)60-51(55)43-41-39-37-35-33-31-28-21-19-17-15-13-11-9-7-2/h8-11,13-17,19-22,28,31,33,48-49H,6-7,12,18,23-27,29-30,32,34-47H2,1-5H3/p+1/b10-8+,11-9+,15-13+,16-14+,19-17+,22-20+,28-21+,33-31+. The van der Waals surface area contributed by atoms with E-state index < -0.39 is 18.1 Å². The number of carboxylic acid groups (broad SMARTS) is 1. The van der Waals surface area contributed by atoms with E-state index in [2.05, 4.69) is 62.5 Å². The summed E-state index contributed by atoms with van der Waals surface area (Å²) in [4.78, 5) is 37.0. The normalized spacial score (nSPS) is 13.8. The first-order chi connectivity index (χ1) is 29.1. The maximum absolute atomic E-state index is 12.7. The van der Waals surface area contributed by atoms with Crippen molar-refractivity contribution in [1.29, 1.82) is 0 Å². The predicted molar refractivity (Wildman–Crippen MR) is 252 cm³/mol. The summed E-state index contributed by atoms with van der Waals surface area (Å²) >= 11 is 0. The van der Waals surface area contributed by atoms with Crippen LogP contribution in [0.15, 0.2) is 97.2 Å². The highest BCUT2D eigenvalue weighted by molar-refractivity contribution is 5.72. The fourth-order valence-corrected chi connectivity index (χ4v) is 6.30. The molecule has 0 spiro atoms. The van der Waals surface area contributed by atoms with Gasteiger partial charge in [0.05, 0.1) is 34.4 Å². The van der Waals surface area contributed by atoms with Gasteiger partial charge in [-0.25, -0.2) is 4.79 Å². The molecule has 0 aliphatic rings. The molecule has 0 amide bonds. The molecule has 0 rings (SSSR count). The average Bonchev–Trinajstić information content (AvgIpc) is 3.21. The maximum atomic E-state index is 12.7. The number of ether oxygens (including phenoxy) is 3. The van der Waals surface area contributed by atoms with Gasteiger partial charge in [0.15, 0.2) is 12.1 Å². The molecular formula is C52H86NO7+. The highest BCUT2D eigenvalue weighted by atomic mass is 16.6. The Morgan fingerprint density at radius 2 is 0.967 bits per heavy atom. The molecule has 0 saturated carbocycles. The largest absolute Gasteiger partial charge is 0.477 e. The number of allylic oxidation sites excluding steroid dienone is 16. The van der Waals surface area contributed by atoms with Crippen LogP contribution in [0.5, 0.6) is 0 Å². The highest BCUT2D eigenvalue weighted by Crippen LogP contribution is 2.14. The van der Waals surface area contributed by atoms with E-state index in [9.17, 15) is 19.5 Å². The van der Waals surface area contributed by atoms with Crippen LogP contribution in [0.1, 0.15) is 162 Å². The SMILES string of the molecule is CC/C=C/C=C/C=C/C=C/C=C/CCCCCC(=O)OC(COCCC(C(=O)O)[N+](C)(C)C)COC(=O)CCCCCCCCCCCCC/C=C/C/C=C/C/C=C/CC. The number of esters is 2. The van der Waals surface area contributed by atoms with Crippen LogP contribution < -0.4 is 0 Å². The summed E-state index contributed by atoms with van der Waals surface area (Å²) in [6.07, 6.45) is 56.0. The number of carboxylic acids is 1. The van der Waals surface area contributed by atoms with Crippen molar-refractivity contribution >= 4 is 17.9 Å². The molecule has 0 aliphatic carbocycles. The van der Waals surface area contributed by atoms with Gasteiger partial charge >= 0.3 is 17.9 Å². The molecule has 340 valence electrons. The molecule has 0 radical (unpaired) electrons. The van der Waals surface area contributed by atoms with Gasteiger partial charge in [-0.3, -0.25) is 9.59 Å². The molecule has 0 aliphatic heterocycles. The Balaban J connectivity index is 4.35. The van der Waals surface area contributed by atoms with Crippen LogP contribution in [0, 0.1) is 0 Å². The first-order valence-electron chi connectivity index (χ1n) is 23.3. The molecular weight excluding hydrogens is 751 g/mol.